The fraction of sp³-hybridized carbons (Fsp3) is 0.167. The van der Waals surface area contributed by atoms with E-state index in [1.54, 1.807) is 36.7 Å². The quantitative estimate of drug-likeness (QED) is 0.631. The minimum absolute atomic E-state index is 0.141. The van der Waals surface area contributed by atoms with Crippen molar-refractivity contribution >= 4 is 22.4 Å². The Labute approximate surface area is 148 Å². The number of aliphatic hydroxyl groups excluding tert-OH is 2. The third kappa shape index (κ3) is 4.08. The van der Waals surface area contributed by atoms with Crippen LogP contribution in [0.1, 0.15) is 21.8 Å². The molecule has 0 saturated heterocycles. The number of benzene rings is 1. The van der Waals surface area contributed by atoms with E-state index < -0.39 is 0 Å². The van der Waals surface area contributed by atoms with Crippen LogP contribution in [0.2, 0.25) is 0 Å². The van der Waals surface area contributed by atoms with Crippen molar-refractivity contribution in [3.8, 4) is 10.6 Å². The van der Waals surface area contributed by atoms with Crippen molar-refractivity contribution in [1.29, 1.82) is 0 Å². The van der Waals surface area contributed by atoms with E-state index in [1.165, 1.54) is 11.3 Å². The Hall–Kier alpha value is -2.61. The van der Waals surface area contributed by atoms with Gasteiger partial charge in [0.15, 0.2) is 5.13 Å². The third-order valence-electron chi connectivity index (χ3n) is 3.73. The molecule has 0 unspecified atom stereocenters. The van der Waals surface area contributed by atoms with Crippen LogP contribution in [0.15, 0.2) is 54.9 Å². The summed E-state index contributed by atoms with van der Waals surface area (Å²) in [4.78, 5) is 21.7. The number of carbonyl (C=O) groups excluding carboxylic acids is 1. The first-order chi connectivity index (χ1) is 12.2. The second-order valence-corrected chi connectivity index (χ2v) is 6.41. The zero-order chi connectivity index (χ0) is 17.6. The molecule has 0 aliphatic carbocycles. The second-order valence-electron chi connectivity index (χ2n) is 5.38. The highest BCUT2D eigenvalue weighted by atomic mass is 32.1. The van der Waals surface area contributed by atoms with Crippen LogP contribution in [0.3, 0.4) is 0 Å². The van der Waals surface area contributed by atoms with Crippen LogP contribution in [0, 0.1) is 0 Å². The van der Waals surface area contributed by atoms with Crippen LogP contribution in [-0.4, -0.2) is 39.3 Å². The van der Waals surface area contributed by atoms with Crippen molar-refractivity contribution in [2.75, 3.05) is 18.5 Å². The van der Waals surface area contributed by atoms with Gasteiger partial charge in [0.2, 0.25) is 0 Å². The number of hydrogen-bond acceptors (Lipinski definition) is 6. The summed E-state index contributed by atoms with van der Waals surface area (Å²) < 4.78 is 0. The van der Waals surface area contributed by atoms with E-state index in [9.17, 15) is 15.0 Å². The SMILES string of the molecule is O=C(Nc1ncc(-c2ccccn2)s1)c1ccc(C(CO)CO)cc1. The molecule has 0 atom stereocenters. The van der Waals surface area contributed by atoms with E-state index in [-0.39, 0.29) is 25.0 Å². The van der Waals surface area contributed by atoms with E-state index in [4.69, 9.17) is 0 Å². The number of nitrogens with zero attached hydrogens (tertiary/aromatic N) is 2. The van der Waals surface area contributed by atoms with Gasteiger partial charge in [0.25, 0.3) is 5.91 Å². The standard InChI is InChI=1S/C18H17N3O3S/c22-10-14(11-23)12-4-6-13(7-5-12)17(24)21-18-20-9-16(25-18)15-3-1-2-8-19-15/h1-9,14,22-23H,10-11H2,(H,20,21,24). The lowest BCUT2D eigenvalue weighted by molar-refractivity contribution is 0.102. The fourth-order valence-electron chi connectivity index (χ4n) is 2.30. The summed E-state index contributed by atoms with van der Waals surface area (Å²) in [6, 6.07) is 12.4. The molecule has 0 bridgehead atoms. The second kappa shape index (κ2) is 7.98. The number of thiazole rings is 1. The molecule has 3 aromatic rings. The monoisotopic (exact) mass is 355 g/mol. The van der Waals surface area contributed by atoms with Gasteiger partial charge in [-0.15, -0.1) is 0 Å². The number of carbonyl (C=O) groups is 1. The molecule has 0 fully saturated rings. The number of nitrogens with one attached hydrogen (secondary N) is 1. The van der Waals surface area contributed by atoms with Crippen molar-refractivity contribution in [1.82, 2.24) is 9.97 Å². The topological polar surface area (TPSA) is 95.3 Å². The predicted octanol–water partition coefficient (Wildman–Crippen LogP) is 2.53. The molecule has 1 aromatic carbocycles. The molecule has 128 valence electrons. The average molecular weight is 355 g/mol. The molecule has 0 radical (unpaired) electrons. The Morgan fingerprint density at radius 2 is 1.84 bits per heavy atom. The van der Waals surface area contributed by atoms with Gasteiger partial charge in [-0.05, 0) is 29.8 Å². The smallest absolute Gasteiger partial charge is 0.257 e. The van der Waals surface area contributed by atoms with Crippen molar-refractivity contribution in [3.05, 3.63) is 66.0 Å². The van der Waals surface area contributed by atoms with Crippen LogP contribution >= 0.6 is 11.3 Å². The van der Waals surface area contributed by atoms with Crippen LogP contribution in [0.4, 0.5) is 5.13 Å². The minimum atomic E-state index is -0.336. The van der Waals surface area contributed by atoms with Gasteiger partial charge in [-0.1, -0.05) is 29.5 Å². The van der Waals surface area contributed by atoms with Crippen molar-refractivity contribution < 1.29 is 15.0 Å². The number of rotatable bonds is 6. The Morgan fingerprint density at radius 3 is 2.48 bits per heavy atom. The molecule has 1 amide bonds. The Bertz CT molecular complexity index is 830. The van der Waals surface area contributed by atoms with E-state index in [1.807, 2.05) is 18.2 Å². The summed E-state index contributed by atoms with van der Waals surface area (Å²) in [7, 11) is 0. The molecule has 7 heteroatoms. The molecule has 6 nitrogen and oxygen atoms in total. The number of anilines is 1. The maximum absolute atomic E-state index is 12.3. The normalized spacial score (nSPS) is 10.8. The number of hydrogen-bond donors (Lipinski definition) is 3. The van der Waals surface area contributed by atoms with Crippen LogP contribution in [0.5, 0.6) is 0 Å². The molecule has 3 N–H and O–H groups in total. The summed E-state index contributed by atoms with van der Waals surface area (Å²) >= 11 is 1.35. The molecule has 3 rings (SSSR count). The lowest BCUT2D eigenvalue weighted by Crippen LogP contribution is -2.13. The summed E-state index contributed by atoms with van der Waals surface area (Å²) in [6.45, 7) is -0.283. The van der Waals surface area contributed by atoms with Gasteiger partial charge in [-0.3, -0.25) is 15.1 Å². The van der Waals surface area contributed by atoms with E-state index >= 15 is 0 Å². The number of amides is 1. The highest BCUT2D eigenvalue weighted by molar-refractivity contribution is 7.19. The molecule has 25 heavy (non-hydrogen) atoms. The molecule has 0 spiro atoms. The Morgan fingerprint density at radius 1 is 1.08 bits per heavy atom. The summed E-state index contributed by atoms with van der Waals surface area (Å²) in [5.41, 5.74) is 2.07. The predicted molar refractivity (Wildman–Crippen MR) is 96.7 cm³/mol. The largest absolute Gasteiger partial charge is 0.396 e. The fourth-order valence-corrected chi connectivity index (χ4v) is 3.09. The average Bonchev–Trinajstić information content (AvgIpc) is 3.12. The summed E-state index contributed by atoms with van der Waals surface area (Å²) in [5.74, 6) is -0.602. The van der Waals surface area contributed by atoms with E-state index in [0.717, 1.165) is 16.1 Å². The van der Waals surface area contributed by atoms with Gasteiger partial charge in [-0.25, -0.2) is 4.98 Å². The van der Waals surface area contributed by atoms with Gasteiger partial charge in [0, 0.05) is 23.9 Å². The van der Waals surface area contributed by atoms with Crippen molar-refractivity contribution in [2.45, 2.75) is 5.92 Å². The molecule has 2 aromatic heterocycles. The molecule has 0 aliphatic heterocycles. The molecular weight excluding hydrogens is 338 g/mol. The van der Waals surface area contributed by atoms with E-state index in [0.29, 0.717) is 10.7 Å². The van der Waals surface area contributed by atoms with Gasteiger partial charge in [-0.2, -0.15) is 0 Å². The number of aliphatic hydroxyl groups is 2. The zero-order valence-electron chi connectivity index (χ0n) is 13.3. The first-order valence-electron chi connectivity index (χ1n) is 7.71. The summed E-state index contributed by atoms with van der Waals surface area (Å²) in [5, 5.41) is 21.7. The zero-order valence-corrected chi connectivity index (χ0v) is 14.1. The van der Waals surface area contributed by atoms with Crippen molar-refractivity contribution in [2.24, 2.45) is 0 Å². The third-order valence-corrected chi connectivity index (χ3v) is 4.66. The summed E-state index contributed by atoms with van der Waals surface area (Å²) in [6.07, 6.45) is 3.39. The molecule has 0 aliphatic rings. The lowest BCUT2D eigenvalue weighted by Gasteiger charge is -2.11. The molecular formula is C18H17N3O3S. The number of pyridine rings is 1. The van der Waals surface area contributed by atoms with Crippen LogP contribution in [0.25, 0.3) is 10.6 Å². The van der Waals surface area contributed by atoms with Gasteiger partial charge < -0.3 is 10.2 Å². The van der Waals surface area contributed by atoms with Gasteiger partial charge in [0.05, 0.1) is 23.8 Å². The lowest BCUT2D eigenvalue weighted by atomic mass is 9.99. The number of aromatic nitrogens is 2. The van der Waals surface area contributed by atoms with E-state index in [2.05, 4.69) is 15.3 Å². The van der Waals surface area contributed by atoms with Crippen molar-refractivity contribution in [3.63, 3.8) is 0 Å². The highest BCUT2D eigenvalue weighted by Crippen LogP contribution is 2.27. The Balaban J connectivity index is 1.69. The maximum Gasteiger partial charge on any atom is 0.257 e. The van der Waals surface area contributed by atoms with Gasteiger partial charge >= 0.3 is 0 Å². The molecule has 0 saturated carbocycles. The van der Waals surface area contributed by atoms with Gasteiger partial charge in [0.1, 0.15) is 0 Å². The highest BCUT2D eigenvalue weighted by Gasteiger charge is 2.13. The van der Waals surface area contributed by atoms with Crippen LogP contribution in [-0.2, 0) is 0 Å². The maximum atomic E-state index is 12.3. The first-order valence-corrected chi connectivity index (χ1v) is 8.53. The van der Waals surface area contributed by atoms with Crippen LogP contribution < -0.4 is 5.32 Å². The molecule has 2 heterocycles. The Kier molecular flexibility index (Phi) is 5.49. The first kappa shape index (κ1) is 17.2. The minimum Gasteiger partial charge on any atom is -0.396 e.